The Morgan fingerprint density at radius 3 is 2.68 bits per heavy atom. The normalized spacial score (nSPS) is 14.4. The van der Waals surface area contributed by atoms with E-state index in [9.17, 15) is 0 Å². The minimum atomic E-state index is 0.705. The lowest BCUT2D eigenvalue weighted by molar-refractivity contribution is 0.479. The van der Waals surface area contributed by atoms with Crippen molar-refractivity contribution in [2.75, 3.05) is 0 Å². The summed E-state index contributed by atoms with van der Waals surface area (Å²) in [5.74, 6) is 1.59. The summed E-state index contributed by atoms with van der Waals surface area (Å²) in [5, 5.41) is 3.47. The Morgan fingerprint density at radius 1 is 1.16 bits per heavy atom. The Morgan fingerprint density at radius 2 is 1.95 bits per heavy atom. The minimum Gasteiger partial charge on any atom is -0.456 e. The van der Waals surface area contributed by atoms with Gasteiger partial charge in [-0.3, -0.25) is 4.98 Å². The average molecular weight is 319 g/mol. The highest BCUT2D eigenvalue weighted by Crippen LogP contribution is 2.24. The molecule has 1 heterocycles. The second kappa shape index (κ2) is 5.72. The molecule has 3 nitrogen and oxygen atoms in total. The monoisotopic (exact) mass is 318 g/mol. The number of aromatic nitrogens is 1. The summed E-state index contributed by atoms with van der Waals surface area (Å²) in [4.78, 5) is 4.22. The summed E-state index contributed by atoms with van der Waals surface area (Å²) >= 11 is 3.41. The molecule has 0 spiro atoms. The molecule has 4 heteroatoms. The van der Waals surface area contributed by atoms with Gasteiger partial charge in [0.1, 0.15) is 11.5 Å². The molecule has 98 valence electrons. The molecule has 1 aliphatic rings. The molecule has 0 bridgehead atoms. The first kappa shape index (κ1) is 12.6. The van der Waals surface area contributed by atoms with Crippen LogP contribution in [0.5, 0.6) is 11.5 Å². The molecule has 1 fully saturated rings. The molecule has 0 unspecified atom stereocenters. The van der Waals surface area contributed by atoms with Gasteiger partial charge in [-0.15, -0.1) is 0 Å². The third-order valence-corrected chi connectivity index (χ3v) is 3.52. The first-order chi connectivity index (χ1) is 9.29. The van der Waals surface area contributed by atoms with E-state index >= 15 is 0 Å². The van der Waals surface area contributed by atoms with E-state index in [0.717, 1.165) is 28.1 Å². The van der Waals surface area contributed by atoms with Crippen molar-refractivity contribution in [2.45, 2.75) is 25.4 Å². The van der Waals surface area contributed by atoms with Crippen LogP contribution in [0.4, 0.5) is 0 Å². The van der Waals surface area contributed by atoms with Crippen molar-refractivity contribution < 1.29 is 4.74 Å². The van der Waals surface area contributed by atoms with Crippen LogP contribution in [0.15, 0.2) is 47.2 Å². The van der Waals surface area contributed by atoms with Crippen LogP contribution < -0.4 is 10.1 Å². The van der Waals surface area contributed by atoms with Gasteiger partial charge in [0.15, 0.2) is 0 Å². The highest BCUT2D eigenvalue weighted by Gasteiger charge is 2.19. The van der Waals surface area contributed by atoms with Gasteiger partial charge in [-0.05, 0) is 48.7 Å². The van der Waals surface area contributed by atoms with E-state index in [0.29, 0.717) is 6.04 Å². The van der Waals surface area contributed by atoms with E-state index in [1.54, 1.807) is 6.20 Å². The highest BCUT2D eigenvalue weighted by atomic mass is 79.9. The lowest BCUT2D eigenvalue weighted by Gasteiger charge is -2.07. The van der Waals surface area contributed by atoms with E-state index in [1.807, 2.05) is 36.5 Å². The van der Waals surface area contributed by atoms with Gasteiger partial charge in [-0.25, -0.2) is 0 Å². The van der Waals surface area contributed by atoms with Crippen LogP contribution in [0.3, 0.4) is 0 Å². The molecule has 0 aliphatic heterocycles. The predicted octanol–water partition coefficient (Wildman–Crippen LogP) is 3.89. The zero-order valence-electron chi connectivity index (χ0n) is 10.5. The molecule has 1 aromatic carbocycles. The van der Waals surface area contributed by atoms with Gasteiger partial charge in [0.25, 0.3) is 0 Å². The standard InChI is InChI=1S/C15H15BrN2O/c16-12-1-5-14(6-2-12)19-15-7-11(8-17-10-15)9-18-13-3-4-13/h1-2,5-8,10,13,18H,3-4,9H2. The van der Waals surface area contributed by atoms with Crippen molar-refractivity contribution in [1.29, 1.82) is 0 Å². The fourth-order valence-corrected chi connectivity index (χ4v) is 2.07. The van der Waals surface area contributed by atoms with Crippen molar-refractivity contribution in [3.8, 4) is 11.5 Å². The minimum absolute atomic E-state index is 0.705. The fourth-order valence-electron chi connectivity index (χ4n) is 1.80. The molecular weight excluding hydrogens is 304 g/mol. The van der Waals surface area contributed by atoms with Crippen LogP contribution in [-0.4, -0.2) is 11.0 Å². The Kier molecular flexibility index (Phi) is 3.80. The molecule has 1 N–H and O–H groups in total. The molecule has 1 saturated carbocycles. The van der Waals surface area contributed by atoms with Crippen LogP contribution in [0.2, 0.25) is 0 Å². The van der Waals surface area contributed by atoms with E-state index in [1.165, 1.54) is 12.8 Å². The van der Waals surface area contributed by atoms with Crippen molar-refractivity contribution in [3.05, 3.63) is 52.8 Å². The Hall–Kier alpha value is -1.39. The number of nitrogens with zero attached hydrogens (tertiary/aromatic N) is 1. The van der Waals surface area contributed by atoms with Gasteiger partial charge in [0, 0.05) is 23.3 Å². The predicted molar refractivity (Wildman–Crippen MR) is 78.3 cm³/mol. The van der Waals surface area contributed by atoms with Crippen LogP contribution in [0.1, 0.15) is 18.4 Å². The summed E-state index contributed by atoms with van der Waals surface area (Å²) in [6, 6.07) is 10.5. The molecular formula is C15H15BrN2O. The molecule has 0 radical (unpaired) electrons. The number of halogens is 1. The number of ether oxygens (including phenoxy) is 1. The largest absolute Gasteiger partial charge is 0.456 e. The molecule has 0 atom stereocenters. The number of hydrogen-bond acceptors (Lipinski definition) is 3. The summed E-state index contributed by atoms with van der Waals surface area (Å²) in [6.45, 7) is 0.856. The maximum absolute atomic E-state index is 5.79. The van der Waals surface area contributed by atoms with Crippen LogP contribution in [0.25, 0.3) is 0 Å². The number of benzene rings is 1. The topological polar surface area (TPSA) is 34.1 Å². The quantitative estimate of drug-likeness (QED) is 0.908. The third kappa shape index (κ3) is 3.78. The Balaban J connectivity index is 1.66. The third-order valence-electron chi connectivity index (χ3n) is 2.99. The second-order valence-corrected chi connectivity index (χ2v) is 5.66. The molecule has 19 heavy (non-hydrogen) atoms. The van der Waals surface area contributed by atoms with Gasteiger partial charge < -0.3 is 10.1 Å². The van der Waals surface area contributed by atoms with E-state index in [2.05, 4.69) is 26.2 Å². The van der Waals surface area contributed by atoms with E-state index in [4.69, 9.17) is 4.74 Å². The molecule has 2 aromatic rings. The van der Waals surface area contributed by atoms with Crippen molar-refractivity contribution in [1.82, 2.24) is 10.3 Å². The van der Waals surface area contributed by atoms with Gasteiger partial charge in [0.05, 0.1) is 6.20 Å². The summed E-state index contributed by atoms with van der Waals surface area (Å²) < 4.78 is 6.83. The average Bonchev–Trinajstić information content (AvgIpc) is 3.24. The summed E-state index contributed by atoms with van der Waals surface area (Å²) in [6.07, 6.45) is 6.21. The second-order valence-electron chi connectivity index (χ2n) is 4.74. The Labute approximate surface area is 121 Å². The first-order valence-electron chi connectivity index (χ1n) is 6.40. The number of nitrogens with one attached hydrogen (secondary N) is 1. The maximum Gasteiger partial charge on any atom is 0.146 e. The van der Waals surface area contributed by atoms with E-state index in [-0.39, 0.29) is 0 Å². The zero-order chi connectivity index (χ0) is 13.1. The number of pyridine rings is 1. The Bertz CT molecular complexity index is 552. The SMILES string of the molecule is Brc1ccc(Oc2cncc(CNC3CC3)c2)cc1. The summed E-state index contributed by atoms with van der Waals surface area (Å²) in [7, 11) is 0. The van der Waals surface area contributed by atoms with Gasteiger partial charge in [-0.1, -0.05) is 15.9 Å². The molecule has 3 rings (SSSR count). The number of rotatable bonds is 5. The smallest absolute Gasteiger partial charge is 0.146 e. The zero-order valence-corrected chi connectivity index (χ0v) is 12.1. The van der Waals surface area contributed by atoms with Crippen LogP contribution >= 0.6 is 15.9 Å². The lowest BCUT2D eigenvalue weighted by atomic mass is 10.2. The molecule has 0 amide bonds. The lowest BCUT2D eigenvalue weighted by Crippen LogP contribution is -2.15. The van der Waals surface area contributed by atoms with Crippen LogP contribution in [-0.2, 0) is 6.54 Å². The first-order valence-corrected chi connectivity index (χ1v) is 7.19. The van der Waals surface area contributed by atoms with E-state index < -0.39 is 0 Å². The number of hydrogen-bond donors (Lipinski definition) is 1. The summed E-state index contributed by atoms with van der Waals surface area (Å²) in [5.41, 5.74) is 1.15. The van der Waals surface area contributed by atoms with Crippen molar-refractivity contribution in [3.63, 3.8) is 0 Å². The maximum atomic E-state index is 5.79. The van der Waals surface area contributed by atoms with Crippen molar-refractivity contribution >= 4 is 15.9 Å². The molecule has 1 aliphatic carbocycles. The van der Waals surface area contributed by atoms with Gasteiger partial charge in [-0.2, -0.15) is 0 Å². The fraction of sp³-hybridized carbons (Fsp3) is 0.267. The van der Waals surface area contributed by atoms with Gasteiger partial charge >= 0.3 is 0 Å². The molecule has 0 saturated heterocycles. The highest BCUT2D eigenvalue weighted by molar-refractivity contribution is 9.10. The van der Waals surface area contributed by atoms with Crippen LogP contribution in [0, 0.1) is 0 Å². The molecule has 1 aromatic heterocycles. The van der Waals surface area contributed by atoms with Crippen molar-refractivity contribution in [2.24, 2.45) is 0 Å². The van der Waals surface area contributed by atoms with Gasteiger partial charge in [0.2, 0.25) is 0 Å².